The fourth-order valence-electron chi connectivity index (χ4n) is 3.11. The second-order valence-electron chi connectivity index (χ2n) is 7.91. The summed E-state index contributed by atoms with van der Waals surface area (Å²) >= 11 is 0. The third kappa shape index (κ3) is 5.48. The summed E-state index contributed by atoms with van der Waals surface area (Å²) in [5, 5.41) is 0. The summed E-state index contributed by atoms with van der Waals surface area (Å²) in [7, 11) is 1.86. The van der Waals surface area contributed by atoms with Crippen LogP contribution in [0.3, 0.4) is 0 Å². The van der Waals surface area contributed by atoms with Crippen LogP contribution in [0.4, 0.5) is 4.79 Å². The van der Waals surface area contributed by atoms with Crippen molar-refractivity contribution in [3.8, 4) is 0 Å². The van der Waals surface area contributed by atoms with Crippen molar-refractivity contribution in [2.45, 2.75) is 46.1 Å². The van der Waals surface area contributed by atoms with Crippen molar-refractivity contribution in [1.82, 2.24) is 9.80 Å². The number of carbonyl (C=O) groups excluding carboxylic acids is 2. The Morgan fingerprint density at radius 2 is 1.80 bits per heavy atom. The summed E-state index contributed by atoms with van der Waals surface area (Å²) < 4.78 is 5.43. The molecule has 0 N–H and O–H groups in total. The molecule has 1 aliphatic heterocycles. The first kappa shape index (κ1) is 19.3. The van der Waals surface area contributed by atoms with Gasteiger partial charge in [0, 0.05) is 32.2 Å². The highest BCUT2D eigenvalue weighted by Gasteiger charge is 2.28. The third-order valence-electron chi connectivity index (χ3n) is 4.52. The van der Waals surface area contributed by atoms with Crippen LogP contribution in [0.25, 0.3) is 0 Å². The van der Waals surface area contributed by atoms with E-state index in [1.54, 1.807) is 9.80 Å². The predicted molar refractivity (Wildman–Crippen MR) is 98.7 cm³/mol. The summed E-state index contributed by atoms with van der Waals surface area (Å²) in [5.41, 5.74) is 1.30. The van der Waals surface area contributed by atoms with Gasteiger partial charge in [-0.3, -0.25) is 4.79 Å². The second kappa shape index (κ2) is 7.89. The van der Waals surface area contributed by atoms with Gasteiger partial charge >= 0.3 is 6.09 Å². The molecule has 0 spiro atoms. The number of hydrogen-bond acceptors (Lipinski definition) is 3. The lowest BCUT2D eigenvalue weighted by Crippen LogP contribution is -2.44. The van der Waals surface area contributed by atoms with E-state index in [0.717, 1.165) is 30.5 Å². The largest absolute Gasteiger partial charge is 0.444 e. The molecule has 2 amide bonds. The molecule has 1 fully saturated rings. The molecule has 1 saturated heterocycles. The number of aryl methyl sites for hydroxylation is 1. The normalized spacial score (nSPS) is 15.8. The first-order valence-electron chi connectivity index (χ1n) is 8.96. The summed E-state index contributed by atoms with van der Waals surface area (Å²) in [6.45, 7) is 9.69. The number of amides is 2. The minimum absolute atomic E-state index is 0.0627. The molecule has 25 heavy (non-hydrogen) atoms. The van der Waals surface area contributed by atoms with Crippen molar-refractivity contribution in [1.29, 1.82) is 0 Å². The van der Waals surface area contributed by atoms with Crippen molar-refractivity contribution in [2.24, 2.45) is 5.92 Å². The van der Waals surface area contributed by atoms with E-state index in [9.17, 15) is 9.59 Å². The average Bonchev–Trinajstić information content (AvgIpc) is 2.53. The third-order valence-corrected chi connectivity index (χ3v) is 4.52. The quantitative estimate of drug-likeness (QED) is 0.838. The Morgan fingerprint density at radius 1 is 1.20 bits per heavy atom. The van der Waals surface area contributed by atoms with E-state index in [-0.39, 0.29) is 12.0 Å². The van der Waals surface area contributed by atoms with E-state index in [0.29, 0.717) is 19.0 Å². The Kier molecular flexibility index (Phi) is 6.09. The molecule has 1 aromatic rings. The first-order valence-corrected chi connectivity index (χ1v) is 8.96. The molecule has 1 aliphatic rings. The molecule has 0 aliphatic carbocycles. The molecule has 2 rings (SSSR count). The second-order valence-corrected chi connectivity index (χ2v) is 7.91. The minimum atomic E-state index is -0.464. The Labute approximate surface area is 150 Å². The predicted octanol–water partition coefficient (Wildman–Crippen LogP) is 3.71. The Bertz CT molecular complexity index is 614. The van der Waals surface area contributed by atoms with E-state index in [4.69, 9.17) is 4.74 Å². The zero-order chi connectivity index (χ0) is 18.6. The van der Waals surface area contributed by atoms with Crippen LogP contribution in [-0.2, 0) is 4.74 Å². The molecule has 0 aromatic heterocycles. The molecule has 0 unspecified atom stereocenters. The summed E-state index contributed by atoms with van der Waals surface area (Å²) in [5.74, 6) is 0.476. The molecule has 5 nitrogen and oxygen atoms in total. The van der Waals surface area contributed by atoms with Gasteiger partial charge in [-0.25, -0.2) is 4.79 Å². The van der Waals surface area contributed by atoms with Crippen LogP contribution in [-0.4, -0.2) is 54.1 Å². The van der Waals surface area contributed by atoms with E-state index in [1.807, 2.05) is 59.0 Å². The van der Waals surface area contributed by atoms with Gasteiger partial charge in [0.15, 0.2) is 0 Å². The van der Waals surface area contributed by atoms with Crippen molar-refractivity contribution >= 4 is 12.0 Å². The standard InChI is InChI=1S/C20H30N2O3/c1-15-8-6-7-9-17(15)18(23)21(5)14-16-10-12-22(13-11-16)19(24)25-20(2,3)4/h6-9,16H,10-14H2,1-5H3. The van der Waals surface area contributed by atoms with Crippen molar-refractivity contribution in [3.05, 3.63) is 35.4 Å². The average molecular weight is 346 g/mol. The SMILES string of the molecule is Cc1ccccc1C(=O)N(C)CC1CCN(C(=O)OC(C)(C)C)CC1. The summed E-state index contributed by atoms with van der Waals surface area (Å²) in [6.07, 6.45) is 1.55. The fraction of sp³-hybridized carbons (Fsp3) is 0.600. The zero-order valence-electron chi connectivity index (χ0n) is 16.0. The highest BCUT2D eigenvalue weighted by atomic mass is 16.6. The van der Waals surface area contributed by atoms with Gasteiger partial charge in [-0.2, -0.15) is 0 Å². The molecule has 0 bridgehead atoms. The number of ether oxygens (including phenoxy) is 1. The van der Waals surface area contributed by atoms with Gasteiger partial charge in [-0.1, -0.05) is 18.2 Å². The highest BCUT2D eigenvalue weighted by molar-refractivity contribution is 5.95. The fourth-order valence-corrected chi connectivity index (χ4v) is 3.11. The molecule has 1 aromatic carbocycles. The Balaban J connectivity index is 1.84. The van der Waals surface area contributed by atoms with E-state index in [1.165, 1.54) is 0 Å². The topological polar surface area (TPSA) is 49.9 Å². The molecular formula is C20H30N2O3. The first-order chi connectivity index (χ1) is 11.7. The summed E-state index contributed by atoms with van der Waals surface area (Å²) in [4.78, 5) is 28.3. The highest BCUT2D eigenvalue weighted by Crippen LogP contribution is 2.21. The van der Waals surface area contributed by atoms with E-state index < -0.39 is 5.60 Å². The molecule has 0 atom stereocenters. The monoisotopic (exact) mass is 346 g/mol. The number of hydrogen-bond donors (Lipinski definition) is 0. The Hall–Kier alpha value is -2.04. The molecule has 0 saturated carbocycles. The van der Waals surface area contributed by atoms with Gasteiger partial charge in [0.1, 0.15) is 5.60 Å². The van der Waals surface area contributed by atoms with Crippen molar-refractivity contribution in [2.75, 3.05) is 26.7 Å². The van der Waals surface area contributed by atoms with Crippen LogP contribution < -0.4 is 0 Å². The van der Waals surface area contributed by atoms with Crippen molar-refractivity contribution < 1.29 is 14.3 Å². The van der Waals surface area contributed by atoms with E-state index >= 15 is 0 Å². The molecule has 5 heteroatoms. The van der Waals surface area contributed by atoms with Crippen molar-refractivity contribution in [3.63, 3.8) is 0 Å². The number of benzene rings is 1. The van der Waals surface area contributed by atoms with Crippen LogP contribution in [0.1, 0.15) is 49.5 Å². The number of carbonyl (C=O) groups is 2. The minimum Gasteiger partial charge on any atom is -0.444 e. The number of nitrogens with zero attached hydrogens (tertiary/aromatic N) is 2. The smallest absolute Gasteiger partial charge is 0.410 e. The molecular weight excluding hydrogens is 316 g/mol. The summed E-state index contributed by atoms with van der Waals surface area (Å²) in [6, 6.07) is 7.67. The van der Waals surface area contributed by atoms with Crippen LogP contribution in [0.2, 0.25) is 0 Å². The molecule has 138 valence electrons. The maximum atomic E-state index is 12.6. The van der Waals surface area contributed by atoms with Gasteiger partial charge in [-0.05, 0) is 58.1 Å². The van der Waals surface area contributed by atoms with Crippen LogP contribution in [0.5, 0.6) is 0 Å². The zero-order valence-corrected chi connectivity index (χ0v) is 16.0. The maximum absolute atomic E-state index is 12.6. The lowest BCUT2D eigenvalue weighted by atomic mass is 9.96. The van der Waals surface area contributed by atoms with E-state index in [2.05, 4.69) is 0 Å². The van der Waals surface area contributed by atoms with Gasteiger partial charge in [0.25, 0.3) is 5.91 Å². The number of likely N-dealkylation sites (tertiary alicyclic amines) is 1. The van der Waals surface area contributed by atoms with Crippen LogP contribution in [0.15, 0.2) is 24.3 Å². The Morgan fingerprint density at radius 3 is 2.36 bits per heavy atom. The number of rotatable bonds is 3. The van der Waals surface area contributed by atoms with Crippen LogP contribution >= 0.6 is 0 Å². The number of piperidine rings is 1. The lowest BCUT2D eigenvalue weighted by molar-refractivity contribution is 0.0171. The van der Waals surface area contributed by atoms with Gasteiger partial charge < -0.3 is 14.5 Å². The lowest BCUT2D eigenvalue weighted by Gasteiger charge is -2.35. The van der Waals surface area contributed by atoms with Crippen LogP contribution in [0, 0.1) is 12.8 Å². The maximum Gasteiger partial charge on any atom is 0.410 e. The van der Waals surface area contributed by atoms with Gasteiger partial charge in [0.05, 0.1) is 0 Å². The van der Waals surface area contributed by atoms with Gasteiger partial charge in [0.2, 0.25) is 0 Å². The molecule has 0 radical (unpaired) electrons. The molecule has 1 heterocycles. The van der Waals surface area contributed by atoms with Gasteiger partial charge in [-0.15, -0.1) is 0 Å².